The number of para-hydroxylation sites is 1. The Bertz CT molecular complexity index is 735. The van der Waals surface area contributed by atoms with Crippen LogP contribution in [0.3, 0.4) is 0 Å². The largest absolute Gasteiger partial charge is 0.494 e. The van der Waals surface area contributed by atoms with Crippen LogP contribution in [0.1, 0.15) is 24.6 Å². The SMILES string of the molecule is CCNC(=NCc1cn(C)nc1C(F)(F)F)NCCCOc1ccccc1.I. The van der Waals surface area contributed by atoms with Crippen molar-refractivity contribution < 1.29 is 17.9 Å². The smallest absolute Gasteiger partial charge is 0.435 e. The molecule has 1 aromatic heterocycles. The molecule has 0 fully saturated rings. The summed E-state index contributed by atoms with van der Waals surface area (Å²) < 4.78 is 45.7. The van der Waals surface area contributed by atoms with Gasteiger partial charge in [0.25, 0.3) is 0 Å². The van der Waals surface area contributed by atoms with E-state index in [0.29, 0.717) is 25.7 Å². The molecule has 156 valence electrons. The molecule has 2 rings (SSSR count). The molecule has 2 aromatic rings. The van der Waals surface area contributed by atoms with Crippen LogP contribution in [0.4, 0.5) is 13.2 Å². The molecule has 0 amide bonds. The number of hydrogen-bond acceptors (Lipinski definition) is 3. The number of benzene rings is 1. The van der Waals surface area contributed by atoms with Crippen LogP contribution in [0, 0.1) is 0 Å². The minimum atomic E-state index is -4.49. The van der Waals surface area contributed by atoms with Gasteiger partial charge in [-0.2, -0.15) is 18.3 Å². The third-order valence-electron chi connectivity index (χ3n) is 3.55. The van der Waals surface area contributed by atoms with Crippen LogP contribution < -0.4 is 15.4 Å². The Labute approximate surface area is 179 Å². The molecule has 10 heteroatoms. The Hall–Kier alpha value is -1.98. The predicted octanol–water partition coefficient (Wildman–Crippen LogP) is 3.58. The molecule has 2 N–H and O–H groups in total. The van der Waals surface area contributed by atoms with Crippen LogP contribution in [0.25, 0.3) is 0 Å². The number of guanidine groups is 1. The number of aryl methyl sites for hydroxylation is 1. The molecular weight excluding hydrogens is 486 g/mol. The number of nitrogens with one attached hydrogen (secondary N) is 2. The van der Waals surface area contributed by atoms with Crippen molar-refractivity contribution in [3.05, 3.63) is 47.8 Å². The second-order valence-electron chi connectivity index (χ2n) is 5.81. The summed E-state index contributed by atoms with van der Waals surface area (Å²) in [7, 11) is 1.46. The van der Waals surface area contributed by atoms with E-state index in [2.05, 4.69) is 20.7 Å². The Morgan fingerprint density at radius 2 is 1.93 bits per heavy atom. The second-order valence-corrected chi connectivity index (χ2v) is 5.81. The Morgan fingerprint density at radius 3 is 2.57 bits per heavy atom. The van der Waals surface area contributed by atoms with E-state index in [1.54, 1.807) is 0 Å². The minimum Gasteiger partial charge on any atom is -0.494 e. The summed E-state index contributed by atoms with van der Waals surface area (Å²) in [5.74, 6) is 1.25. The summed E-state index contributed by atoms with van der Waals surface area (Å²) in [5, 5.41) is 9.59. The number of rotatable bonds is 8. The summed E-state index contributed by atoms with van der Waals surface area (Å²) in [6.45, 7) is 3.49. The van der Waals surface area contributed by atoms with E-state index in [-0.39, 0.29) is 36.1 Å². The molecule has 1 heterocycles. The maximum absolute atomic E-state index is 13.0. The maximum atomic E-state index is 13.0. The van der Waals surface area contributed by atoms with E-state index >= 15 is 0 Å². The number of aromatic nitrogens is 2. The molecule has 0 aliphatic rings. The van der Waals surface area contributed by atoms with Gasteiger partial charge in [-0.3, -0.25) is 4.68 Å². The van der Waals surface area contributed by atoms with Crippen LogP contribution in [-0.4, -0.2) is 35.4 Å². The lowest BCUT2D eigenvalue weighted by Gasteiger charge is -2.12. The molecule has 0 radical (unpaired) electrons. The van der Waals surface area contributed by atoms with Crippen molar-refractivity contribution >= 4 is 29.9 Å². The summed E-state index contributed by atoms with van der Waals surface area (Å²) in [6, 6.07) is 9.48. The molecule has 0 unspecified atom stereocenters. The first-order chi connectivity index (χ1) is 12.9. The van der Waals surface area contributed by atoms with E-state index in [1.807, 2.05) is 37.3 Å². The van der Waals surface area contributed by atoms with Crippen LogP contribution in [0.15, 0.2) is 41.5 Å². The van der Waals surface area contributed by atoms with Crippen molar-refractivity contribution in [1.82, 2.24) is 20.4 Å². The Balaban J connectivity index is 0.00000392. The average molecular weight is 511 g/mol. The van der Waals surface area contributed by atoms with Gasteiger partial charge in [0.05, 0.1) is 13.2 Å². The van der Waals surface area contributed by atoms with Crippen LogP contribution in [-0.2, 0) is 19.8 Å². The molecule has 28 heavy (non-hydrogen) atoms. The molecule has 0 aliphatic carbocycles. The zero-order valence-corrected chi connectivity index (χ0v) is 18.1. The quantitative estimate of drug-likeness (QED) is 0.246. The van der Waals surface area contributed by atoms with Crippen molar-refractivity contribution in [2.75, 3.05) is 19.7 Å². The van der Waals surface area contributed by atoms with Gasteiger partial charge >= 0.3 is 6.18 Å². The van der Waals surface area contributed by atoms with E-state index in [0.717, 1.165) is 16.9 Å². The monoisotopic (exact) mass is 511 g/mol. The maximum Gasteiger partial charge on any atom is 0.435 e. The highest BCUT2D eigenvalue weighted by Crippen LogP contribution is 2.30. The third kappa shape index (κ3) is 7.95. The summed E-state index contributed by atoms with van der Waals surface area (Å²) in [4.78, 5) is 4.23. The van der Waals surface area contributed by atoms with E-state index < -0.39 is 11.9 Å². The lowest BCUT2D eigenvalue weighted by atomic mass is 10.2. The molecular formula is C18H25F3IN5O. The van der Waals surface area contributed by atoms with Crippen molar-refractivity contribution in [2.24, 2.45) is 12.0 Å². The van der Waals surface area contributed by atoms with Gasteiger partial charge < -0.3 is 15.4 Å². The summed E-state index contributed by atoms with van der Waals surface area (Å²) >= 11 is 0. The fourth-order valence-corrected chi connectivity index (χ4v) is 2.38. The number of nitrogens with zero attached hydrogens (tertiary/aromatic N) is 3. The van der Waals surface area contributed by atoms with Crippen molar-refractivity contribution in [3.8, 4) is 5.75 Å². The third-order valence-corrected chi connectivity index (χ3v) is 3.55. The highest BCUT2D eigenvalue weighted by atomic mass is 127. The average Bonchev–Trinajstić information content (AvgIpc) is 3.01. The molecule has 0 atom stereocenters. The van der Waals surface area contributed by atoms with Gasteiger partial charge in [0.2, 0.25) is 0 Å². The molecule has 0 bridgehead atoms. The Kier molecular flexibility index (Phi) is 10.1. The number of aliphatic imine (C=N–C) groups is 1. The van der Waals surface area contributed by atoms with E-state index in [4.69, 9.17) is 4.74 Å². The molecule has 0 saturated carbocycles. The minimum absolute atomic E-state index is 0. The van der Waals surface area contributed by atoms with Crippen LogP contribution in [0.2, 0.25) is 0 Å². The highest BCUT2D eigenvalue weighted by Gasteiger charge is 2.36. The lowest BCUT2D eigenvalue weighted by molar-refractivity contribution is -0.142. The number of halogens is 4. The topological polar surface area (TPSA) is 63.5 Å². The first-order valence-electron chi connectivity index (χ1n) is 8.70. The van der Waals surface area contributed by atoms with Gasteiger partial charge in [0, 0.05) is 31.9 Å². The predicted molar refractivity (Wildman–Crippen MR) is 113 cm³/mol. The van der Waals surface area contributed by atoms with Gasteiger partial charge in [-0.25, -0.2) is 4.99 Å². The van der Waals surface area contributed by atoms with Gasteiger partial charge in [-0.1, -0.05) is 18.2 Å². The summed E-state index contributed by atoms with van der Waals surface area (Å²) in [6.07, 6.45) is -2.43. The van der Waals surface area contributed by atoms with E-state index in [1.165, 1.54) is 13.2 Å². The van der Waals surface area contributed by atoms with E-state index in [9.17, 15) is 13.2 Å². The first kappa shape index (κ1) is 24.1. The van der Waals surface area contributed by atoms with Crippen molar-refractivity contribution in [2.45, 2.75) is 26.1 Å². The van der Waals surface area contributed by atoms with Gasteiger partial charge in [-0.05, 0) is 25.5 Å². The second kappa shape index (κ2) is 11.8. The molecule has 0 aliphatic heterocycles. The van der Waals surface area contributed by atoms with Gasteiger partial charge in [0.1, 0.15) is 5.75 Å². The number of ether oxygens (including phenoxy) is 1. The molecule has 6 nitrogen and oxygen atoms in total. The zero-order chi connectivity index (χ0) is 19.7. The van der Waals surface area contributed by atoms with Gasteiger partial charge in [-0.15, -0.1) is 24.0 Å². The fourth-order valence-electron chi connectivity index (χ4n) is 2.38. The molecule has 0 spiro atoms. The molecule has 1 aromatic carbocycles. The zero-order valence-electron chi connectivity index (χ0n) is 15.8. The number of alkyl halides is 3. The van der Waals surface area contributed by atoms with Crippen molar-refractivity contribution in [3.63, 3.8) is 0 Å². The lowest BCUT2D eigenvalue weighted by Crippen LogP contribution is -2.38. The van der Waals surface area contributed by atoms with Crippen LogP contribution >= 0.6 is 24.0 Å². The summed E-state index contributed by atoms with van der Waals surface area (Å²) in [5.41, 5.74) is -0.865. The fraction of sp³-hybridized carbons (Fsp3) is 0.444. The molecule has 0 saturated heterocycles. The first-order valence-corrected chi connectivity index (χ1v) is 8.70. The Morgan fingerprint density at radius 1 is 1.21 bits per heavy atom. The van der Waals surface area contributed by atoms with Crippen molar-refractivity contribution in [1.29, 1.82) is 0 Å². The van der Waals surface area contributed by atoms with Crippen LogP contribution in [0.5, 0.6) is 5.75 Å². The highest BCUT2D eigenvalue weighted by molar-refractivity contribution is 14.0. The van der Waals surface area contributed by atoms with Gasteiger partial charge in [0.15, 0.2) is 11.7 Å². The number of hydrogen-bond donors (Lipinski definition) is 2. The standard InChI is InChI=1S/C18H24F3N5O.HI/c1-3-22-17(23-10-7-11-27-15-8-5-4-6-9-15)24-12-14-13-26(2)25-16(14)18(19,20)21;/h4-6,8-9,13H,3,7,10-12H2,1-2H3,(H2,22,23,24);1H. The normalized spacial score (nSPS) is 11.7.